The molecule has 1 aromatic carbocycles. The number of allylic oxidation sites excluding steroid dienone is 1. The maximum absolute atomic E-state index is 14.1. The SMILES string of the molecule is C=CC(=O)Cc1cccc(Oc2nc(Nc3ccc(OC)nc3)ncc2F)c1. The third kappa shape index (κ3) is 4.88. The molecule has 0 unspecified atom stereocenters. The van der Waals surface area contributed by atoms with Gasteiger partial charge in [0.25, 0.3) is 5.88 Å². The normalized spacial score (nSPS) is 10.2. The molecule has 3 aromatic rings. The second kappa shape index (κ2) is 8.72. The first kappa shape index (κ1) is 19.0. The highest BCUT2D eigenvalue weighted by Gasteiger charge is 2.11. The number of carbonyl (C=O) groups is 1. The van der Waals surface area contributed by atoms with Gasteiger partial charge in [-0.05, 0) is 29.8 Å². The predicted octanol–water partition coefficient (Wildman–Crippen LogP) is 3.85. The molecule has 1 N–H and O–H groups in total. The number of nitrogens with one attached hydrogen (secondary N) is 1. The lowest BCUT2D eigenvalue weighted by Crippen LogP contribution is -2.02. The summed E-state index contributed by atoms with van der Waals surface area (Å²) in [5, 5.41) is 2.91. The van der Waals surface area contributed by atoms with Crippen LogP contribution in [-0.4, -0.2) is 27.8 Å². The van der Waals surface area contributed by atoms with Crippen LogP contribution in [0.1, 0.15) is 5.56 Å². The highest BCUT2D eigenvalue weighted by atomic mass is 19.1. The van der Waals surface area contributed by atoms with Crippen molar-refractivity contribution in [2.75, 3.05) is 12.4 Å². The summed E-state index contributed by atoms with van der Waals surface area (Å²) in [7, 11) is 1.52. The van der Waals surface area contributed by atoms with Gasteiger partial charge in [-0.1, -0.05) is 18.7 Å². The van der Waals surface area contributed by atoms with Crippen LogP contribution in [0.3, 0.4) is 0 Å². The Hall–Kier alpha value is -3.81. The minimum absolute atomic E-state index is 0.120. The Morgan fingerprint density at radius 2 is 2.11 bits per heavy atom. The molecule has 0 bridgehead atoms. The van der Waals surface area contributed by atoms with Crippen LogP contribution in [0.5, 0.6) is 17.5 Å². The molecular formula is C20H17FN4O3. The zero-order valence-corrected chi connectivity index (χ0v) is 15.1. The summed E-state index contributed by atoms with van der Waals surface area (Å²) >= 11 is 0. The molecule has 142 valence electrons. The van der Waals surface area contributed by atoms with Crippen LogP contribution in [0.25, 0.3) is 0 Å². The fraction of sp³-hybridized carbons (Fsp3) is 0.100. The Labute approximate surface area is 160 Å². The number of aromatic nitrogens is 3. The second-order valence-corrected chi connectivity index (χ2v) is 5.66. The number of hydrogen-bond acceptors (Lipinski definition) is 7. The summed E-state index contributed by atoms with van der Waals surface area (Å²) in [6, 6.07) is 10.2. The van der Waals surface area contributed by atoms with Gasteiger partial charge in [0.15, 0.2) is 5.78 Å². The number of carbonyl (C=O) groups excluding carboxylic acids is 1. The Kier molecular flexibility index (Phi) is 5.91. The van der Waals surface area contributed by atoms with Gasteiger partial charge >= 0.3 is 0 Å². The highest BCUT2D eigenvalue weighted by Crippen LogP contribution is 2.25. The van der Waals surface area contributed by atoms with E-state index in [9.17, 15) is 9.18 Å². The Morgan fingerprint density at radius 3 is 2.82 bits per heavy atom. The van der Waals surface area contributed by atoms with Crippen LogP contribution in [0.4, 0.5) is 16.0 Å². The Morgan fingerprint density at radius 1 is 1.25 bits per heavy atom. The van der Waals surface area contributed by atoms with Crippen LogP contribution < -0.4 is 14.8 Å². The van der Waals surface area contributed by atoms with E-state index < -0.39 is 5.82 Å². The molecule has 0 radical (unpaired) electrons. The zero-order valence-electron chi connectivity index (χ0n) is 15.1. The number of pyridine rings is 1. The van der Waals surface area contributed by atoms with Gasteiger partial charge in [-0.3, -0.25) is 4.79 Å². The van der Waals surface area contributed by atoms with Gasteiger partial charge in [-0.2, -0.15) is 9.37 Å². The zero-order chi connectivity index (χ0) is 19.9. The second-order valence-electron chi connectivity index (χ2n) is 5.66. The van der Waals surface area contributed by atoms with E-state index in [4.69, 9.17) is 9.47 Å². The average Bonchev–Trinajstić information content (AvgIpc) is 2.71. The van der Waals surface area contributed by atoms with Crippen molar-refractivity contribution in [3.63, 3.8) is 0 Å². The molecule has 2 heterocycles. The fourth-order valence-corrected chi connectivity index (χ4v) is 2.29. The quantitative estimate of drug-likeness (QED) is 0.594. The first-order valence-electron chi connectivity index (χ1n) is 8.29. The van der Waals surface area contributed by atoms with Crippen molar-refractivity contribution >= 4 is 17.4 Å². The topological polar surface area (TPSA) is 86.2 Å². The molecule has 0 saturated carbocycles. The van der Waals surface area contributed by atoms with Gasteiger partial charge in [0, 0.05) is 12.5 Å². The van der Waals surface area contributed by atoms with Crippen molar-refractivity contribution in [3.8, 4) is 17.5 Å². The number of ether oxygens (including phenoxy) is 2. The number of halogens is 1. The molecule has 0 saturated heterocycles. The summed E-state index contributed by atoms with van der Waals surface area (Å²) in [5.74, 6) is -0.128. The number of methoxy groups -OCH3 is 1. The van der Waals surface area contributed by atoms with Gasteiger partial charge in [-0.25, -0.2) is 9.97 Å². The molecule has 0 aliphatic carbocycles. The number of benzene rings is 1. The molecule has 7 nitrogen and oxygen atoms in total. The van der Waals surface area contributed by atoms with E-state index in [1.165, 1.54) is 19.4 Å². The van der Waals surface area contributed by atoms with Crippen LogP contribution in [0.15, 0.2) is 61.4 Å². The minimum atomic E-state index is -0.717. The Balaban J connectivity index is 1.77. The first-order chi connectivity index (χ1) is 13.6. The molecule has 2 aromatic heterocycles. The van der Waals surface area contributed by atoms with Gasteiger partial charge in [0.1, 0.15) is 5.75 Å². The molecule has 8 heteroatoms. The summed E-state index contributed by atoms with van der Waals surface area (Å²) < 4.78 is 24.6. The lowest BCUT2D eigenvalue weighted by Gasteiger charge is -2.09. The van der Waals surface area contributed by atoms with Crippen molar-refractivity contribution < 1.29 is 18.7 Å². The largest absolute Gasteiger partial charge is 0.481 e. The van der Waals surface area contributed by atoms with Gasteiger partial charge < -0.3 is 14.8 Å². The number of rotatable bonds is 8. The third-order valence-electron chi connectivity index (χ3n) is 3.63. The van der Waals surface area contributed by atoms with E-state index in [0.29, 0.717) is 17.3 Å². The summed E-state index contributed by atoms with van der Waals surface area (Å²) in [5.41, 5.74) is 1.32. The molecule has 0 fully saturated rings. The van der Waals surface area contributed by atoms with Crippen LogP contribution in [-0.2, 0) is 11.2 Å². The predicted molar refractivity (Wildman–Crippen MR) is 101 cm³/mol. The van der Waals surface area contributed by atoms with E-state index in [2.05, 4.69) is 26.8 Å². The van der Waals surface area contributed by atoms with Crippen molar-refractivity contribution in [1.82, 2.24) is 15.0 Å². The molecule has 28 heavy (non-hydrogen) atoms. The van der Waals surface area contributed by atoms with Gasteiger partial charge in [-0.15, -0.1) is 0 Å². The summed E-state index contributed by atoms with van der Waals surface area (Å²) in [6.45, 7) is 3.45. The number of ketones is 1. The maximum atomic E-state index is 14.1. The van der Waals surface area contributed by atoms with Crippen LogP contribution in [0.2, 0.25) is 0 Å². The number of anilines is 2. The van der Waals surface area contributed by atoms with Crippen molar-refractivity contribution in [2.45, 2.75) is 6.42 Å². The highest BCUT2D eigenvalue weighted by molar-refractivity contribution is 5.90. The van der Waals surface area contributed by atoms with Crippen molar-refractivity contribution in [3.05, 3.63) is 72.8 Å². The summed E-state index contributed by atoms with van der Waals surface area (Å²) in [4.78, 5) is 23.5. The third-order valence-corrected chi connectivity index (χ3v) is 3.63. The average molecular weight is 380 g/mol. The number of nitrogens with zero attached hydrogens (tertiary/aromatic N) is 3. The van der Waals surface area contributed by atoms with Crippen molar-refractivity contribution in [2.24, 2.45) is 0 Å². The standard InChI is InChI=1S/C20H17FN4O3/c1-3-15(26)9-13-5-4-6-16(10-13)28-19-17(21)12-23-20(25-19)24-14-7-8-18(27-2)22-11-14/h3-8,10-12H,1,9H2,2H3,(H,23,24,25). The molecule has 3 rings (SSSR count). The maximum Gasteiger partial charge on any atom is 0.260 e. The lowest BCUT2D eigenvalue weighted by molar-refractivity contribution is -0.114. The fourth-order valence-electron chi connectivity index (χ4n) is 2.29. The van der Waals surface area contributed by atoms with Gasteiger partial charge in [0.2, 0.25) is 17.6 Å². The Bertz CT molecular complexity index is 993. The van der Waals surface area contributed by atoms with Crippen LogP contribution in [0, 0.1) is 5.82 Å². The summed E-state index contributed by atoms with van der Waals surface area (Å²) in [6.07, 6.45) is 3.98. The van der Waals surface area contributed by atoms with Crippen LogP contribution >= 0.6 is 0 Å². The van der Waals surface area contributed by atoms with E-state index in [1.54, 1.807) is 36.4 Å². The smallest absolute Gasteiger partial charge is 0.260 e. The van der Waals surface area contributed by atoms with E-state index in [0.717, 1.165) is 11.8 Å². The lowest BCUT2D eigenvalue weighted by atomic mass is 10.1. The van der Waals surface area contributed by atoms with Gasteiger partial charge in [0.05, 0.1) is 25.2 Å². The monoisotopic (exact) mass is 380 g/mol. The molecule has 0 aliphatic rings. The molecule has 0 spiro atoms. The number of hydrogen-bond donors (Lipinski definition) is 1. The van der Waals surface area contributed by atoms with E-state index in [1.807, 2.05) is 0 Å². The molecule has 0 amide bonds. The van der Waals surface area contributed by atoms with Crippen molar-refractivity contribution in [1.29, 1.82) is 0 Å². The molecular weight excluding hydrogens is 363 g/mol. The molecule has 0 aliphatic heterocycles. The van der Waals surface area contributed by atoms with E-state index >= 15 is 0 Å². The molecule has 0 atom stereocenters. The minimum Gasteiger partial charge on any atom is -0.481 e. The van der Waals surface area contributed by atoms with E-state index in [-0.39, 0.29) is 24.0 Å². The first-order valence-corrected chi connectivity index (χ1v) is 8.29.